The minimum atomic E-state index is 0.0830. The zero-order valence-electron chi connectivity index (χ0n) is 18.6. The molecule has 33 heavy (non-hydrogen) atoms. The average molecular weight is 485 g/mol. The van der Waals surface area contributed by atoms with Crippen molar-refractivity contribution < 1.29 is 9.32 Å². The van der Waals surface area contributed by atoms with Crippen LogP contribution in [0.5, 0.6) is 0 Å². The van der Waals surface area contributed by atoms with Gasteiger partial charge in [-0.15, -0.1) is 0 Å². The van der Waals surface area contributed by atoms with E-state index in [9.17, 15) is 4.79 Å². The van der Waals surface area contributed by atoms with Gasteiger partial charge in [0, 0.05) is 23.8 Å². The highest BCUT2D eigenvalue weighted by atomic mass is 35.5. The first-order valence-electron chi connectivity index (χ1n) is 11.4. The number of hydrogen-bond acceptors (Lipinski definition) is 6. The molecule has 8 heteroatoms. The van der Waals surface area contributed by atoms with Crippen LogP contribution in [-0.4, -0.2) is 46.3 Å². The zero-order chi connectivity index (χ0) is 22.9. The van der Waals surface area contributed by atoms with Crippen molar-refractivity contribution in [2.45, 2.75) is 31.6 Å². The number of thioether (sulfide) groups is 1. The zero-order valence-corrected chi connectivity index (χ0v) is 20.2. The monoisotopic (exact) mass is 484 g/mol. The Morgan fingerprint density at radius 2 is 1.88 bits per heavy atom. The summed E-state index contributed by atoms with van der Waals surface area (Å²) in [5.41, 5.74) is 2.11. The molecule has 1 saturated heterocycles. The van der Waals surface area contributed by atoms with Crippen molar-refractivity contribution in [3.05, 3.63) is 71.1 Å². The van der Waals surface area contributed by atoms with Crippen LogP contribution in [-0.2, 0) is 17.1 Å². The Morgan fingerprint density at radius 3 is 2.67 bits per heavy atom. The standard InChI is InChI=1S/C25H29ClN4O2S/c26-22-10-5-4-9-21(22)24-28-23(32-29-24)17-30-14-11-20(12-15-30)25(31)27-13-6-16-33-18-19-7-2-1-3-8-19/h1-5,7-10,20H,6,11-18H2,(H,27,31). The van der Waals surface area contributed by atoms with E-state index < -0.39 is 0 Å². The highest BCUT2D eigenvalue weighted by Crippen LogP contribution is 2.25. The van der Waals surface area contributed by atoms with Gasteiger partial charge in [-0.05, 0) is 55.8 Å². The van der Waals surface area contributed by atoms with E-state index in [1.165, 1.54) is 5.56 Å². The lowest BCUT2D eigenvalue weighted by Gasteiger charge is -2.30. The van der Waals surface area contributed by atoms with Crippen molar-refractivity contribution in [1.29, 1.82) is 0 Å². The molecule has 174 valence electrons. The summed E-state index contributed by atoms with van der Waals surface area (Å²) in [5.74, 6) is 3.41. The van der Waals surface area contributed by atoms with Crippen LogP contribution in [0.25, 0.3) is 11.4 Å². The Balaban J connectivity index is 1.12. The summed E-state index contributed by atoms with van der Waals surface area (Å²) in [6.07, 6.45) is 2.69. The van der Waals surface area contributed by atoms with Crippen LogP contribution >= 0.6 is 23.4 Å². The van der Waals surface area contributed by atoms with Crippen LogP contribution in [0.1, 0.15) is 30.7 Å². The fourth-order valence-electron chi connectivity index (χ4n) is 3.91. The quantitative estimate of drug-likeness (QED) is 0.406. The highest BCUT2D eigenvalue weighted by Gasteiger charge is 2.25. The summed E-state index contributed by atoms with van der Waals surface area (Å²) >= 11 is 8.13. The Bertz CT molecular complexity index is 1020. The lowest BCUT2D eigenvalue weighted by molar-refractivity contribution is -0.126. The number of halogens is 1. The largest absolute Gasteiger partial charge is 0.356 e. The number of likely N-dealkylation sites (tertiary alicyclic amines) is 1. The number of carbonyl (C=O) groups excluding carboxylic acids is 1. The number of aromatic nitrogens is 2. The maximum atomic E-state index is 12.5. The number of carbonyl (C=O) groups is 1. The van der Waals surface area contributed by atoms with Gasteiger partial charge in [0.05, 0.1) is 11.6 Å². The third kappa shape index (κ3) is 7.06. The van der Waals surface area contributed by atoms with Crippen molar-refractivity contribution in [3.63, 3.8) is 0 Å². The van der Waals surface area contributed by atoms with E-state index in [0.29, 0.717) is 23.3 Å². The number of benzene rings is 2. The van der Waals surface area contributed by atoms with Crippen LogP contribution in [0.2, 0.25) is 5.02 Å². The molecule has 1 aromatic heterocycles. The van der Waals surface area contributed by atoms with E-state index in [0.717, 1.165) is 56.0 Å². The van der Waals surface area contributed by atoms with Crippen LogP contribution in [0.15, 0.2) is 59.1 Å². The summed E-state index contributed by atoms with van der Waals surface area (Å²) in [7, 11) is 0. The molecule has 1 fully saturated rings. The van der Waals surface area contributed by atoms with Gasteiger partial charge in [0.1, 0.15) is 0 Å². The van der Waals surface area contributed by atoms with Crippen molar-refractivity contribution >= 4 is 29.3 Å². The Morgan fingerprint density at radius 1 is 1.12 bits per heavy atom. The first kappa shape index (κ1) is 23.8. The molecule has 1 aliphatic heterocycles. The fraction of sp³-hybridized carbons (Fsp3) is 0.400. The number of nitrogens with zero attached hydrogens (tertiary/aromatic N) is 3. The molecule has 0 atom stereocenters. The molecule has 4 rings (SSSR count). The lowest BCUT2D eigenvalue weighted by atomic mass is 9.96. The lowest BCUT2D eigenvalue weighted by Crippen LogP contribution is -2.40. The van der Waals surface area contributed by atoms with Gasteiger partial charge in [0.25, 0.3) is 0 Å². The summed E-state index contributed by atoms with van der Waals surface area (Å²) in [4.78, 5) is 19.3. The molecule has 0 aliphatic carbocycles. The van der Waals surface area contributed by atoms with Gasteiger partial charge in [-0.25, -0.2) is 0 Å². The first-order valence-corrected chi connectivity index (χ1v) is 12.9. The topological polar surface area (TPSA) is 71.3 Å². The van der Waals surface area contributed by atoms with Gasteiger partial charge in [0.2, 0.25) is 17.6 Å². The highest BCUT2D eigenvalue weighted by molar-refractivity contribution is 7.98. The average Bonchev–Trinajstić information content (AvgIpc) is 3.30. The molecular formula is C25H29ClN4O2S. The van der Waals surface area contributed by atoms with E-state index in [1.54, 1.807) is 0 Å². The molecule has 2 heterocycles. The predicted octanol–water partition coefficient (Wildman–Crippen LogP) is 5.04. The molecule has 2 aromatic carbocycles. The van der Waals surface area contributed by atoms with Gasteiger partial charge in [-0.1, -0.05) is 59.2 Å². The number of rotatable bonds is 10. The normalized spacial score (nSPS) is 14.9. The van der Waals surface area contributed by atoms with Gasteiger partial charge in [-0.2, -0.15) is 16.7 Å². The molecule has 0 saturated carbocycles. The Kier molecular flexibility index (Phi) is 8.80. The maximum Gasteiger partial charge on any atom is 0.241 e. The number of hydrogen-bond donors (Lipinski definition) is 1. The smallest absolute Gasteiger partial charge is 0.241 e. The van der Waals surface area contributed by atoms with E-state index in [2.05, 4.69) is 44.6 Å². The van der Waals surface area contributed by atoms with E-state index in [4.69, 9.17) is 16.1 Å². The third-order valence-electron chi connectivity index (χ3n) is 5.78. The number of amides is 1. The fourth-order valence-corrected chi connectivity index (χ4v) is 5.05. The van der Waals surface area contributed by atoms with Crippen molar-refractivity contribution in [3.8, 4) is 11.4 Å². The van der Waals surface area contributed by atoms with Crippen molar-refractivity contribution in [2.24, 2.45) is 5.92 Å². The van der Waals surface area contributed by atoms with Crippen LogP contribution in [0.3, 0.4) is 0 Å². The molecule has 1 amide bonds. The van der Waals surface area contributed by atoms with Gasteiger partial charge < -0.3 is 9.84 Å². The SMILES string of the molecule is O=C(NCCCSCc1ccccc1)C1CCN(Cc2nc(-c3ccccc3Cl)no2)CC1. The molecule has 1 aliphatic rings. The number of nitrogens with one attached hydrogen (secondary N) is 1. The molecule has 0 radical (unpaired) electrons. The first-order chi connectivity index (χ1) is 16.2. The molecule has 0 spiro atoms. The second-order valence-corrected chi connectivity index (χ2v) is 9.74. The van der Waals surface area contributed by atoms with Crippen molar-refractivity contribution in [2.75, 3.05) is 25.4 Å². The van der Waals surface area contributed by atoms with E-state index in [1.807, 2.05) is 42.1 Å². The van der Waals surface area contributed by atoms with E-state index in [-0.39, 0.29) is 11.8 Å². The van der Waals surface area contributed by atoms with E-state index >= 15 is 0 Å². The Hall–Kier alpha value is -2.35. The molecule has 0 bridgehead atoms. The number of piperidine rings is 1. The molecule has 3 aromatic rings. The van der Waals surface area contributed by atoms with Crippen LogP contribution in [0, 0.1) is 5.92 Å². The predicted molar refractivity (Wildman–Crippen MR) is 133 cm³/mol. The molecular weight excluding hydrogens is 456 g/mol. The summed E-state index contributed by atoms with van der Waals surface area (Å²) < 4.78 is 5.42. The second kappa shape index (κ2) is 12.2. The maximum absolute atomic E-state index is 12.5. The molecule has 0 unspecified atom stereocenters. The summed E-state index contributed by atoms with van der Waals surface area (Å²) in [6.45, 7) is 3.02. The third-order valence-corrected chi connectivity index (χ3v) is 7.22. The Labute approximate surface area is 204 Å². The summed E-state index contributed by atoms with van der Waals surface area (Å²) in [5, 5.41) is 7.79. The minimum absolute atomic E-state index is 0.0830. The van der Waals surface area contributed by atoms with Gasteiger partial charge in [-0.3, -0.25) is 9.69 Å². The molecule has 6 nitrogen and oxygen atoms in total. The molecule has 1 N–H and O–H groups in total. The second-order valence-electron chi connectivity index (χ2n) is 8.22. The van der Waals surface area contributed by atoms with Crippen LogP contribution in [0.4, 0.5) is 0 Å². The van der Waals surface area contributed by atoms with Crippen LogP contribution < -0.4 is 5.32 Å². The minimum Gasteiger partial charge on any atom is -0.356 e. The van der Waals surface area contributed by atoms with Gasteiger partial charge >= 0.3 is 0 Å². The summed E-state index contributed by atoms with van der Waals surface area (Å²) in [6, 6.07) is 17.9. The van der Waals surface area contributed by atoms with Gasteiger partial charge in [0.15, 0.2) is 0 Å². The van der Waals surface area contributed by atoms with Crippen molar-refractivity contribution in [1.82, 2.24) is 20.4 Å².